The summed E-state index contributed by atoms with van der Waals surface area (Å²) in [6, 6.07) is 5.40. The fourth-order valence-electron chi connectivity index (χ4n) is 1.70. The van der Waals surface area contributed by atoms with E-state index in [2.05, 4.69) is 31.2 Å². The van der Waals surface area contributed by atoms with E-state index in [1.807, 2.05) is 12.1 Å². The Morgan fingerprint density at radius 3 is 2.85 bits per heavy atom. The Balaban J connectivity index is 2.01. The van der Waals surface area contributed by atoms with Gasteiger partial charge < -0.3 is 10.3 Å². The van der Waals surface area contributed by atoms with E-state index in [0.717, 1.165) is 10.0 Å². The van der Waals surface area contributed by atoms with Crippen molar-refractivity contribution >= 4 is 33.3 Å². The molecule has 0 saturated carbocycles. The second-order valence-corrected chi connectivity index (χ2v) is 5.38. The van der Waals surface area contributed by atoms with Crippen molar-refractivity contribution in [2.75, 3.05) is 5.73 Å². The molecule has 0 aliphatic rings. The first-order chi connectivity index (χ1) is 9.56. The van der Waals surface area contributed by atoms with E-state index >= 15 is 0 Å². The SMILES string of the molecule is Cn1ncc(-c2nc(-c3ccc(Cl)c(Br)c3)no2)c1N. The molecule has 0 radical (unpaired) electrons. The largest absolute Gasteiger partial charge is 0.383 e. The van der Waals surface area contributed by atoms with Crippen LogP contribution in [0.25, 0.3) is 22.8 Å². The Bertz CT molecular complexity index is 782. The zero-order valence-corrected chi connectivity index (χ0v) is 12.7. The second-order valence-electron chi connectivity index (χ2n) is 4.12. The monoisotopic (exact) mass is 353 g/mol. The topological polar surface area (TPSA) is 82.8 Å². The Morgan fingerprint density at radius 2 is 2.20 bits per heavy atom. The Kier molecular flexibility index (Phi) is 3.23. The summed E-state index contributed by atoms with van der Waals surface area (Å²) in [6.07, 6.45) is 1.59. The first kappa shape index (κ1) is 13.1. The lowest BCUT2D eigenvalue weighted by molar-refractivity contribution is 0.432. The van der Waals surface area contributed by atoms with E-state index in [0.29, 0.717) is 28.1 Å². The molecule has 0 saturated heterocycles. The summed E-state index contributed by atoms with van der Waals surface area (Å²) in [5.74, 6) is 1.26. The third-order valence-corrected chi connectivity index (χ3v) is 4.03. The van der Waals surface area contributed by atoms with Gasteiger partial charge in [-0.15, -0.1) is 0 Å². The van der Waals surface area contributed by atoms with Gasteiger partial charge in [0.2, 0.25) is 5.82 Å². The van der Waals surface area contributed by atoms with Crippen LogP contribution in [0.1, 0.15) is 0 Å². The first-order valence-corrected chi connectivity index (χ1v) is 6.80. The molecule has 0 fully saturated rings. The predicted octanol–water partition coefficient (Wildman–Crippen LogP) is 3.14. The molecule has 2 heterocycles. The molecule has 1 aromatic carbocycles. The van der Waals surface area contributed by atoms with Crippen LogP contribution in [0.2, 0.25) is 5.02 Å². The van der Waals surface area contributed by atoms with Gasteiger partial charge in [-0.05, 0) is 34.1 Å². The number of hydrogen-bond donors (Lipinski definition) is 1. The fourth-order valence-corrected chi connectivity index (χ4v) is 2.19. The third-order valence-electron chi connectivity index (χ3n) is 2.82. The van der Waals surface area contributed by atoms with Gasteiger partial charge in [0.25, 0.3) is 5.89 Å². The number of nitrogen functional groups attached to an aromatic ring is 1. The number of rotatable bonds is 2. The number of nitrogens with zero attached hydrogens (tertiary/aromatic N) is 4. The van der Waals surface area contributed by atoms with E-state index in [-0.39, 0.29) is 0 Å². The van der Waals surface area contributed by atoms with Gasteiger partial charge in [-0.1, -0.05) is 16.8 Å². The van der Waals surface area contributed by atoms with Crippen LogP contribution in [0.5, 0.6) is 0 Å². The maximum Gasteiger partial charge on any atom is 0.263 e. The van der Waals surface area contributed by atoms with Crippen molar-refractivity contribution < 1.29 is 4.52 Å². The van der Waals surface area contributed by atoms with Gasteiger partial charge in [0.1, 0.15) is 11.4 Å². The lowest BCUT2D eigenvalue weighted by atomic mass is 10.2. The molecule has 20 heavy (non-hydrogen) atoms. The van der Waals surface area contributed by atoms with Gasteiger partial charge in [0.05, 0.1) is 11.2 Å². The summed E-state index contributed by atoms with van der Waals surface area (Å²) in [6.45, 7) is 0. The number of anilines is 1. The molecule has 0 atom stereocenters. The van der Waals surface area contributed by atoms with E-state index < -0.39 is 0 Å². The van der Waals surface area contributed by atoms with Gasteiger partial charge in [0, 0.05) is 17.1 Å². The number of hydrogen-bond acceptors (Lipinski definition) is 5. The number of halogens is 2. The molecule has 0 aliphatic heterocycles. The maximum atomic E-state index is 5.95. The van der Waals surface area contributed by atoms with Crippen molar-refractivity contribution in [3.63, 3.8) is 0 Å². The minimum Gasteiger partial charge on any atom is -0.383 e. The highest BCUT2D eigenvalue weighted by Crippen LogP contribution is 2.29. The van der Waals surface area contributed by atoms with Crippen LogP contribution in [-0.4, -0.2) is 19.9 Å². The lowest BCUT2D eigenvalue weighted by Gasteiger charge is -1.97. The molecule has 0 amide bonds. The molecule has 8 heteroatoms. The lowest BCUT2D eigenvalue weighted by Crippen LogP contribution is -1.98. The van der Waals surface area contributed by atoms with E-state index in [1.165, 1.54) is 4.68 Å². The maximum absolute atomic E-state index is 5.95. The standard InChI is InChI=1S/C12H9BrClN5O/c1-19-10(15)7(5-16-19)12-17-11(18-20-12)6-2-3-9(14)8(13)4-6/h2-5H,15H2,1H3. The van der Waals surface area contributed by atoms with Crippen molar-refractivity contribution in [3.8, 4) is 22.8 Å². The second kappa shape index (κ2) is 4.92. The van der Waals surface area contributed by atoms with Crippen LogP contribution >= 0.6 is 27.5 Å². The van der Waals surface area contributed by atoms with Crippen LogP contribution in [0.4, 0.5) is 5.82 Å². The first-order valence-electron chi connectivity index (χ1n) is 5.63. The number of aryl methyl sites for hydroxylation is 1. The summed E-state index contributed by atoms with van der Waals surface area (Å²) in [4.78, 5) is 4.32. The van der Waals surface area contributed by atoms with Gasteiger partial charge in [-0.3, -0.25) is 4.68 Å². The summed E-state index contributed by atoms with van der Waals surface area (Å²) < 4.78 is 7.53. The predicted molar refractivity (Wildman–Crippen MR) is 79.1 cm³/mol. The van der Waals surface area contributed by atoms with Crippen LogP contribution in [-0.2, 0) is 7.05 Å². The number of aromatic nitrogens is 4. The average molecular weight is 355 g/mol. The highest BCUT2D eigenvalue weighted by molar-refractivity contribution is 9.10. The number of nitrogens with two attached hydrogens (primary N) is 1. The van der Waals surface area contributed by atoms with E-state index in [1.54, 1.807) is 19.3 Å². The highest BCUT2D eigenvalue weighted by atomic mass is 79.9. The molecule has 3 rings (SSSR count). The molecule has 0 aliphatic carbocycles. The Morgan fingerprint density at radius 1 is 1.40 bits per heavy atom. The fraction of sp³-hybridized carbons (Fsp3) is 0.0833. The summed E-state index contributed by atoms with van der Waals surface area (Å²) in [7, 11) is 1.74. The normalized spacial score (nSPS) is 10.9. The van der Waals surface area contributed by atoms with Gasteiger partial charge in [-0.25, -0.2) is 0 Å². The average Bonchev–Trinajstić information content (AvgIpc) is 3.02. The van der Waals surface area contributed by atoms with Crippen LogP contribution in [0.3, 0.4) is 0 Å². The molecule has 2 N–H and O–H groups in total. The van der Waals surface area contributed by atoms with Crippen molar-refractivity contribution in [1.82, 2.24) is 19.9 Å². The van der Waals surface area contributed by atoms with E-state index in [9.17, 15) is 0 Å². The highest BCUT2D eigenvalue weighted by Gasteiger charge is 2.16. The quantitative estimate of drug-likeness (QED) is 0.764. The van der Waals surface area contributed by atoms with Crippen molar-refractivity contribution in [2.24, 2.45) is 7.05 Å². The number of benzene rings is 1. The zero-order valence-electron chi connectivity index (χ0n) is 10.3. The van der Waals surface area contributed by atoms with Crippen LogP contribution < -0.4 is 5.73 Å². The molecule has 102 valence electrons. The summed E-state index contributed by atoms with van der Waals surface area (Å²) in [5, 5.41) is 8.60. The van der Waals surface area contributed by atoms with Gasteiger partial charge in [0.15, 0.2) is 0 Å². The molecule has 3 aromatic rings. The minimum absolute atomic E-state index is 0.330. The zero-order chi connectivity index (χ0) is 14.3. The molecular weight excluding hydrogens is 346 g/mol. The summed E-state index contributed by atoms with van der Waals surface area (Å²) in [5.41, 5.74) is 7.28. The van der Waals surface area contributed by atoms with Crippen LogP contribution in [0, 0.1) is 0 Å². The summed E-state index contributed by atoms with van der Waals surface area (Å²) >= 11 is 9.31. The molecule has 0 bridgehead atoms. The Hall–Kier alpha value is -1.86. The third kappa shape index (κ3) is 2.19. The Labute approximate surface area is 127 Å². The van der Waals surface area contributed by atoms with Crippen molar-refractivity contribution in [1.29, 1.82) is 0 Å². The smallest absolute Gasteiger partial charge is 0.263 e. The van der Waals surface area contributed by atoms with Crippen LogP contribution in [0.15, 0.2) is 33.4 Å². The van der Waals surface area contributed by atoms with Crippen molar-refractivity contribution in [3.05, 3.63) is 33.9 Å². The molecule has 0 unspecified atom stereocenters. The van der Waals surface area contributed by atoms with Crippen molar-refractivity contribution in [2.45, 2.75) is 0 Å². The molecule has 2 aromatic heterocycles. The van der Waals surface area contributed by atoms with E-state index in [4.69, 9.17) is 21.9 Å². The van der Waals surface area contributed by atoms with Gasteiger partial charge in [-0.2, -0.15) is 10.1 Å². The molecular formula is C12H9BrClN5O. The van der Waals surface area contributed by atoms with Gasteiger partial charge >= 0.3 is 0 Å². The molecule has 6 nitrogen and oxygen atoms in total. The molecule has 0 spiro atoms. The minimum atomic E-state index is 0.330.